The first-order valence-corrected chi connectivity index (χ1v) is 7.11. The summed E-state index contributed by atoms with van der Waals surface area (Å²) < 4.78 is 10.8. The van der Waals surface area contributed by atoms with E-state index in [0.29, 0.717) is 11.5 Å². The van der Waals surface area contributed by atoms with Gasteiger partial charge < -0.3 is 20.3 Å². The molecule has 2 unspecified atom stereocenters. The van der Waals surface area contributed by atoms with Gasteiger partial charge in [-0.05, 0) is 24.0 Å². The second-order valence-electron chi connectivity index (χ2n) is 5.79. The lowest BCUT2D eigenvalue weighted by Gasteiger charge is -2.34. The van der Waals surface area contributed by atoms with E-state index in [-0.39, 0.29) is 18.1 Å². The molecule has 2 atom stereocenters. The topological polar surface area (TPSA) is 64.7 Å². The van der Waals surface area contributed by atoms with Crippen molar-refractivity contribution in [1.29, 1.82) is 0 Å². The number of para-hydroxylation sites is 2. The number of methoxy groups -OCH3 is 1. The quantitative estimate of drug-likeness (QED) is 0.768. The maximum absolute atomic E-state index is 10.2. The Bertz CT molecular complexity index is 406. The normalized spacial score (nSPS) is 14.7. The number of aliphatic hydroxyl groups is 1. The van der Waals surface area contributed by atoms with Crippen molar-refractivity contribution in [3.63, 3.8) is 0 Å². The van der Waals surface area contributed by atoms with Crippen LogP contribution in [0.2, 0.25) is 0 Å². The molecule has 0 aliphatic heterocycles. The molecule has 4 nitrogen and oxygen atoms in total. The number of hydrogen-bond donors (Lipinski definition) is 2. The smallest absolute Gasteiger partial charge is 0.161 e. The minimum absolute atomic E-state index is 0.113. The average molecular weight is 281 g/mol. The molecule has 114 valence electrons. The average Bonchev–Trinajstić information content (AvgIpc) is 2.44. The molecule has 0 saturated carbocycles. The van der Waals surface area contributed by atoms with E-state index in [1.165, 1.54) is 0 Å². The van der Waals surface area contributed by atoms with Crippen LogP contribution in [0.15, 0.2) is 24.3 Å². The highest BCUT2D eigenvalue weighted by molar-refractivity contribution is 5.39. The van der Waals surface area contributed by atoms with Crippen LogP contribution in [0.4, 0.5) is 0 Å². The SMILES string of the molecule is CCCC(C)(C)C(N)C(O)COc1ccccc1OC. The molecule has 0 saturated heterocycles. The summed E-state index contributed by atoms with van der Waals surface area (Å²) in [6.07, 6.45) is 1.31. The lowest BCUT2D eigenvalue weighted by molar-refractivity contribution is 0.0401. The molecule has 0 fully saturated rings. The molecule has 0 aromatic heterocycles. The molecule has 4 heteroatoms. The highest BCUT2D eigenvalue weighted by atomic mass is 16.5. The van der Waals surface area contributed by atoms with Crippen molar-refractivity contribution in [3.8, 4) is 11.5 Å². The van der Waals surface area contributed by atoms with Crippen LogP contribution in [-0.4, -0.2) is 31.0 Å². The van der Waals surface area contributed by atoms with Crippen molar-refractivity contribution < 1.29 is 14.6 Å². The van der Waals surface area contributed by atoms with Crippen molar-refractivity contribution in [2.75, 3.05) is 13.7 Å². The standard InChI is InChI=1S/C16H27NO3/c1-5-10-16(2,3)15(17)12(18)11-20-14-9-7-6-8-13(14)19-4/h6-9,12,15,18H,5,10-11,17H2,1-4H3. The number of ether oxygens (including phenoxy) is 2. The van der Waals surface area contributed by atoms with Gasteiger partial charge in [-0.25, -0.2) is 0 Å². The molecule has 0 radical (unpaired) electrons. The van der Waals surface area contributed by atoms with Gasteiger partial charge in [0.05, 0.1) is 7.11 Å². The van der Waals surface area contributed by atoms with E-state index in [0.717, 1.165) is 12.8 Å². The third kappa shape index (κ3) is 4.39. The third-order valence-electron chi connectivity index (χ3n) is 3.69. The van der Waals surface area contributed by atoms with Gasteiger partial charge in [0.25, 0.3) is 0 Å². The fraction of sp³-hybridized carbons (Fsp3) is 0.625. The monoisotopic (exact) mass is 281 g/mol. The van der Waals surface area contributed by atoms with Gasteiger partial charge >= 0.3 is 0 Å². The highest BCUT2D eigenvalue weighted by Crippen LogP contribution is 2.29. The summed E-state index contributed by atoms with van der Waals surface area (Å²) in [4.78, 5) is 0. The third-order valence-corrected chi connectivity index (χ3v) is 3.69. The molecule has 0 heterocycles. The summed E-state index contributed by atoms with van der Waals surface area (Å²) in [5.74, 6) is 1.27. The molecule has 0 spiro atoms. The maximum atomic E-state index is 10.2. The minimum Gasteiger partial charge on any atom is -0.493 e. The Morgan fingerprint density at radius 2 is 1.85 bits per heavy atom. The van der Waals surface area contributed by atoms with Crippen LogP contribution >= 0.6 is 0 Å². The Morgan fingerprint density at radius 3 is 2.40 bits per heavy atom. The zero-order valence-corrected chi connectivity index (χ0v) is 12.9. The van der Waals surface area contributed by atoms with Crippen LogP contribution in [0.1, 0.15) is 33.6 Å². The van der Waals surface area contributed by atoms with Gasteiger partial charge in [0.1, 0.15) is 12.7 Å². The second kappa shape index (κ2) is 7.50. The molecule has 20 heavy (non-hydrogen) atoms. The predicted octanol–water partition coefficient (Wildman–Crippen LogP) is 2.59. The first kappa shape index (κ1) is 16.8. The summed E-state index contributed by atoms with van der Waals surface area (Å²) in [6.45, 7) is 6.43. The van der Waals surface area contributed by atoms with E-state index in [1.54, 1.807) is 7.11 Å². The Kier molecular flexibility index (Phi) is 6.30. The van der Waals surface area contributed by atoms with Crippen LogP contribution in [-0.2, 0) is 0 Å². The van der Waals surface area contributed by atoms with Crippen LogP contribution in [0, 0.1) is 5.41 Å². The first-order valence-electron chi connectivity index (χ1n) is 7.11. The van der Waals surface area contributed by atoms with Gasteiger partial charge in [-0.1, -0.05) is 39.3 Å². The number of nitrogens with two attached hydrogens (primary N) is 1. The molecule has 0 aliphatic rings. The number of benzene rings is 1. The molecule has 0 bridgehead atoms. The van der Waals surface area contributed by atoms with Crippen molar-refractivity contribution >= 4 is 0 Å². The van der Waals surface area contributed by atoms with Gasteiger partial charge in [0, 0.05) is 6.04 Å². The van der Waals surface area contributed by atoms with E-state index in [9.17, 15) is 5.11 Å². The molecular formula is C16H27NO3. The number of hydrogen-bond acceptors (Lipinski definition) is 4. The summed E-state index contributed by atoms with van der Waals surface area (Å²) >= 11 is 0. The Balaban J connectivity index is 2.60. The molecule has 0 aliphatic carbocycles. The van der Waals surface area contributed by atoms with Gasteiger partial charge in [0.2, 0.25) is 0 Å². The maximum Gasteiger partial charge on any atom is 0.161 e. The van der Waals surface area contributed by atoms with Crippen LogP contribution < -0.4 is 15.2 Å². The molecule has 1 aromatic carbocycles. The molecular weight excluding hydrogens is 254 g/mol. The van der Waals surface area contributed by atoms with Crippen molar-refractivity contribution in [1.82, 2.24) is 0 Å². The van der Waals surface area contributed by atoms with E-state index in [2.05, 4.69) is 20.8 Å². The van der Waals surface area contributed by atoms with Crippen molar-refractivity contribution in [2.45, 2.75) is 45.8 Å². The van der Waals surface area contributed by atoms with E-state index in [1.807, 2.05) is 24.3 Å². The van der Waals surface area contributed by atoms with Crippen LogP contribution in [0.3, 0.4) is 0 Å². The van der Waals surface area contributed by atoms with Gasteiger partial charge in [0.15, 0.2) is 11.5 Å². The van der Waals surface area contributed by atoms with E-state index >= 15 is 0 Å². The Labute approximate surface area is 121 Å². The summed E-state index contributed by atoms with van der Waals surface area (Å²) in [5, 5.41) is 10.2. The Hall–Kier alpha value is -1.26. The van der Waals surface area contributed by atoms with E-state index < -0.39 is 6.10 Å². The number of rotatable bonds is 8. The summed E-state index contributed by atoms with van der Waals surface area (Å²) in [5.41, 5.74) is 6.04. The highest BCUT2D eigenvalue weighted by Gasteiger charge is 2.31. The number of aliphatic hydroxyl groups excluding tert-OH is 1. The minimum atomic E-state index is -0.707. The molecule has 0 amide bonds. The van der Waals surface area contributed by atoms with Crippen molar-refractivity contribution in [2.24, 2.45) is 11.1 Å². The molecule has 1 aromatic rings. The lowest BCUT2D eigenvalue weighted by atomic mass is 9.78. The second-order valence-corrected chi connectivity index (χ2v) is 5.79. The van der Waals surface area contributed by atoms with Gasteiger partial charge in [-0.3, -0.25) is 0 Å². The fourth-order valence-corrected chi connectivity index (χ4v) is 2.35. The van der Waals surface area contributed by atoms with Crippen molar-refractivity contribution in [3.05, 3.63) is 24.3 Å². The van der Waals surface area contributed by atoms with Crippen LogP contribution in [0.25, 0.3) is 0 Å². The zero-order valence-electron chi connectivity index (χ0n) is 12.9. The lowest BCUT2D eigenvalue weighted by Crippen LogP contribution is -2.49. The molecule has 1 rings (SSSR count). The first-order chi connectivity index (χ1) is 9.42. The van der Waals surface area contributed by atoms with Gasteiger partial charge in [-0.2, -0.15) is 0 Å². The predicted molar refractivity (Wildman–Crippen MR) is 81.2 cm³/mol. The Morgan fingerprint density at radius 1 is 1.25 bits per heavy atom. The van der Waals surface area contributed by atoms with E-state index in [4.69, 9.17) is 15.2 Å². The fourth-order valence-electron chi connectivity index (χ4n) is 2.35. The largest absolute Gasteiger partial charge is 0.493 e. The summed E-state index contributed by atoms with van der Waals surface area (Å²) in [7, 11) is 1.59. The van der Waals surface area contributed by atoms with Crippen LogP contribution in [0.5, 0.6) is 11.5 Å². The van der Waals surface area contributed by atoms with Gasteiger partial charge in [-0.15, -0.1) is 0 Å². The zero-order chi connectivity index (χ0) is 15.2. The summed E-state index contributed by atoms with van der Waals surface area (Å²) in [6, 6.07) is 7.05. The molecule has 3 N–H and O–H groups in total.